The number of amides is 2. The molecule has 3 fully saturated rings. The lowest BCUT2D eigenvalue weighted by atomic mass is 9.70. The van der Waals surface area contributed by atoms with Crippen LogP contribution in [0.25, 0.3) is 0 Å². The third kappa shape index (κ3) is 7.71. The molecule has 8 nitrogen and oxygen atoms in total. The van der Waals surface area contributed by atoms with Gasteiger partial charge in [0.1, 0.15) is 17.4 Å². The molecule has 0 radical (unpaired) electrons. The van der Waals surface area contributed by atoms with Crippen LogP contribution in [0.15, 0.2) is 91.0 Å². The second-order valence-electron chi connectivity index (χ2n) is 15.8. The molecule has 3 aliphatic rings. The number of nitrogens with zero attached hydrogens (tertiary/aromatic N) is 2. The summed E-state index contributed by atoms with van der Waals surface area (Å²) in [7, 11) is 0. The summed E-state index contributed by atoms with van der Waals surface area (Å²) in [6.07, 6.45) is 8.78. The summed E-state index contributed by atoms with van der Waals surface area (Å²) in [6, 6.07) is 30.8. The molecule has 0 aromatic heterocycles. The molecule has 2 saturated heterocycles. The lowest BCUT2D eigenvalue weighted by Crippen LogP contribution is -2.59. The van der Waals surface area contributed by atoms with E-state index in [1.54, 1.807) is 0 Å². The number of benzene rings is 3. The lowest BCUT2D eigenvalue weighted by Gasteiger charge is -2.51. The van der Waals surface area contributed by atoms with Crippen LogP contribution in [0.1, 0.15) is 101 Å². The van der Waals surface area contributed by atoms with Gasteiger partial charge < -0.3 is 20.5 Å². The first kappa shape index (κ1) is 36.6. The molecule has 3 aromatic rings. The van der Waals surface area contributed by atoms with Crippen LogP contribution in [0.4, 0.5) is 4.79 Å². The minimum absolute atomic E-state index is 0.0227. The zero-order valence-electron chi connectivity index (χ0n) is 30.4. The van der Waals surface area contributed by atoms with Crippen molar-refractivity contribution in [3.05, 3.63) is 108 Å². The Labute approximate surface area is 303 Å². The van der Waals surface area contributed by atoms with Crippen molar-refractivity contribution in [3.63, 3.8) is 0 Å². The fourth-order valence-electron chi connectivity index (χ4n) is 9.54. The lowest BCUT2D eigenvalue weighted by molar-refractivity contribution is -0.160. The van der Waals surface area contributed by atoms with E-state index < -0.39 is 17.4 Å². The molecule has 8 heteroatoms. The van der Waals surface area contributed by atoms with E-state index >= 15 is 0 Å². The standard InChI is InChI=1S/C43H54N4O4/c1-31(43(30-44,34-15-9-5-10-16-34)35-17-11-6-12-18-35)45-40(50)46-36-21-19-32(20-22-36)23-26-47-41(2)24-25-42(47,3)28-37(27-41)51-39(49)38(29-48)33-13-7-4-8-14-33/h4-18,31-32,36-38,48H,19-29H2,1-3H3,(H2,45,46,50)/t31-,32-,36-,38?,41+,42+/m0/s1. The molecule has 1 unspecified atom stereocenters. The van der Waals surface area contributed by atoms with Crippen molar-refractivity contribution in [2.24, 2.45) is 5.92 Å². The van der Waals surface area contributed by atoms with Gasteiger partial charge in [-0.2, -0.15) is 5.26 Å². The van der Waals surface area contributed by atoms with E-state index in [9.17, 15) is 20.0 Å². The molecular weight excluding hydrogens is 636 g/mol. The van der Waals surface area contributed by atoms with Gasteiger partial charge in [-0.15, -0.1) is 0 Å². The maximum absolute atomic E-state index is 13.3. The van der Waals surface area contributed by atoms with Gasteiger partial charge in [0, 0.05) is 30.0 Å². The molecule has 0 spiro atoms. The average molecular weight is 691 g/mol. The summed E-state index contributed by atoms with van der Waals surface area (Å²) in [5.74, 6) is -0.388. The highest BCUT2D eigenvalue weighted by atomic mass is 16.5. The van der Waals surface area contributed by atoms with Gasteiger partial charge in [-0.3, -0.25) is 9.69 Å². The highest BCUT2D eigenvalue weighted by Crippen LogP contribution is 2.51. The number of ether oxygens (including phenoxy) is 1. The number of aliphatic hydroxyl groups excluding tert-OH is 1. The number of aliphatic hydroxyl groups is 1. The number of hydrogen-bond acceptors (Lipinski definition) is 6. The van der Waals surface area contributed by atoms with E-state index in [4.69, 9.17) is 4.74 Å². The number of esters is 1. The van der Waals surface area contributed by atoms with Crippen molar-refractivity contribution in [3.8, 4) is 6.07 Å². The molecule has 1 saturated carbocycles. The number of carbonyl (C=O) groups is 2. The Morgan fingerprint density at radius 1 is 0.902 bits per heavy atom. The number of fused-ring (bicyclic) bond motifs is 2. The van der Waals surface area contributed by atoms with Crippen LogP contribution in [0.3, 0.4) is 0 Å². The van der Waals surface area contributed by atoms with E-state index in [1.165, 1.54) is 0 Å². The Bertz CT molecular complexity index is 1600. The summed E-state index contributed by atoms with van der Waals surface area (Å²) < 4.78 is 6.11. The second-order valence-corrected chi connectivity index (χ2v) is 15.8. The maximum Gasteiger partial charge on any atom is 0.316 e. The Morgan fingerprint density at radius 3 is 1.94 bits per heavy atom. The molecule has 6 rings (SSSR count). The Hall–Kier alpha value is -4.19. The number of urea groups is 1. The molecule has 3 aromatic carbocycles. The normalized spacial score (nSPS) is 27.5. The van der Waals surface area contributed by atoms with E-state index in [0.29, 0.717) is 5.92 Å². The number of nitriles is 1. The molecule has 51 heavy (non-hydrogen) atoms. The van der Waals surface area contributed by atoms with Crippen molar-refractivity contribution >= 4 is 12.0 Å². The SMILES string of the molecule is C[C@H](NC(=O)N[C@H]1CC[C@H](CCN2[C@]3(C)CC[C@]2(C)CC(OC(=O)C(CO)c2ccccc2)C3)CC1)C(C#N)(c1ccccc1)c1ccccc1. The summed E-state index contributed by atoms with van der Waals surface area (Å²) in [6.45, 7) is 7.33. The quantitative estimate of drug-likeness (QED) is 0.173. The first-order valence-corrected chi connectivity index (χ1v) is 18.8. The highest BCUT2D eigenvalue weighted by Gasteiger charge is 2.56. The van der Waals surface area contributed by atoms with Gasteiger partial charge in [0.15, 0.2) is 0 Å². The fraction of sp³-hybridized carbons (Fsp3) is 0.512. The van der Waals surface area contributed by atoms with Crippen LogP contribution in [-0.2, 0) is 14.9 Å². The summed E-state index contributed by atoms with van der Waals surface area (Å²) in [5.41, 5.74) is 1.43. The predicted octanol–water partition coefficient (Wildman–Crippen LogP) is 7.23. The van der Waals surface area contributed by atoms with Crippen molar-refractivity contribution in [1.82, 2.24) is 15.5 Å². The molecule has 4 atom stereocenters. The fourth-order valence-corrected chi connectivity index (χ4v) is 9.54. The van der Waals surface area contributed by atoms with Gasteiger partial charge in [0.25, 0.3) is 0 Å². The monoisotopic (exact) mass is 690 g/mol. The minimum atomic E-state index is -1.02. The highest BCUT2D eigenvalue weighted by molar-refractivity contribution is 5.78. The molecule has 2 amide bonds. The Morgan fingerprint density at radius 2 is 1.43 bits per heavy atom. The average Bonchev–Trinajstić information content (AvgIpc) is 3.29. The molecule has 1 aliphatic carbocycles. The van der Waals surface area contributed by atoms with Crippen LogP contribution in [0.5, 0.6) is 0 Å². The van der Waals surface area contributed by atoms with Crippen molar-refractivity contribution < 1.29 is 19.4 Å². The molecule has 2 bridgehead atoms. The largest absolute Gasteiger partial charge is 0.462 e. The van der Waals surface area contributed by atoms with Crippen LogP contribution >= 0.6 is 0 Å². The first-order chi connectivity index (χ1) is 24.6. The van der Waals surface area contributed by atoms with E-state index in [1.807, 2.05) is 97.9 Å². The summed E-state index contributed by atoms with van der Waals surface area (Å²) >= 11 is 0. The zero-order chi connectivity index (χ0) is 36.1. The Kier molecular flexibility index (Phi) is 11.2. The van der Waals surface area contributed by atoms with E-state index in [-0.39, 0.29) is 41.8 Å². The van der Waals surface area contributed by atoms with E-state index in [2.05, 4.69) is 35.5 Å². The summed E-state index contributed by atoms with van der Waals surface area (Å²) in [5, 5.41) is 27.0. The molecule has 2 heterocycles. The zero-order valence-corrected chi connectivity index (χ0v) is 30.4. The second kappa shape index (κ2) is 15.6. The number of rotatable bonds is 12. The smallest absolute Gasteiger partial charge is 0.316 e. The van der Waals surface area contributed by atoms with Gasteiger partial charge in [-0.1, -0.05) is 91.0 Å². The van der Waals surface area contributed by atoms with Crippen LogP contribution in [0, 0.1) is 17.2 Å². The third-order valence-corrected chi connectivity index (χ3v) is 12.4. The van der Waals surface area contributed by atoms with Crippen LogP contribution < -0.4 is 10.6 Å². The van der Waals surface area contributed by atoms with E-state index in [0.717, 1.165) is 81.0 Å². The van der Waals surface area contributed by atoms with Gasteiger partial charge in [-0.25, -0.2) is 4.79 Å². The maximum atomic E-state index is 13.3. The topological polar surface area (TPSA) is 115 Å². The van der Waals surface area contributed by atoms with Gasteiger partial charge in [0.05, 0.1) is 18.7 Å². The Balaban J connectivity index is 0.991. The minimum Gasteiger partial charge on any atom is -0.462 e. The van der Waals surface area contributed by atoms with Crippen LogP contribution in [-0.4, -0.2) is 64.4 Å². The third-order valence-electron chi connectivity index (χ3n) is 12.4. The molecule has 2 aliphatic heterocycles. The predicted molar refractivity (Wildman–Crippen MR) is 199 cm³/mol. The van der Waals surface area contributed by atoms with Crippen molar-refractivity contribution in [2.45, 2.75) is 119 Å². The van der Waals surface area contributed by atoms with Gasteiger partial charge in [-0.05, 0) is 94.9 Å². The number of carbonyl (C=O) groups excluding carboxylic acids is 2. The van der Waals surface area contributed by atoms with Crippen LogP contribution in [0.2, 0.25) is 0 Å². The number of nitrogens with one attached hydrogen (secondary N) is 2. The first-order valence-electron chi connectivity index (χ1n) is 18.8. The molecule has 270 valence electrons. The van der Waals surface area contributed by atoms with Gasteiger partial charge in [0.2, 0.25) is 0 Å². The van der Waals surface area contributed by atoms with Gasteiger partial charge >= 0.3 is 12.0 Å². The molecule has 3 N–H and O–H groups in total. The summed E-state index contributed by atoms with van der Waals surface area (Å²) in [4.78, 5) is 29.2. The molecular formula is C43H54N4O4. The van der Waals surface area contributed by atoms with Crippen molar-refractivity contribution in [2.75, 3.05) is 13.2 Å². The van der Waals surface area contributed by atoms with Crippen molar-refractivity contribution in [1.29, 1.82) is 5.26 Å². The number of hydrogen-bond donors (Lipinski definition) is 3. The number of piperidine rings is 1.